The largest absolute Gasteiger partial charge is 0.462 e. The summed E-state index contributed by atoms with van der Waals surface area (Å²) in [5.41, 5.74) is 0.590. The molecule has 0 saturated heterocycles. The normalized spacial score (nSPS) is 10.9. The summed E-state index contributed by atoms with van der Waals surface area (Å²) in [6.45, 7) is 2.93. The van der Waals surface area contributed by atoms with Crippen LogP contribution in [0.3, 0.4) is 0 Å². The van der Waals surface area contributed by atoms with Gasteiger partial charge in [0.15, 0.2) is 0 Å². The number of amides is 1. The second-order valence-corrected chi connectivity index (χ2v) is 9.34. The summed E-state index contributed by atoms with van der Waals surface area (Å²) in [7, 11) is 3.56. The number of hydrogen-bond donors (Lipinski definition) is 0. The molecular weight excluding hydrogens is 520 g/mol. The fraction of sp³-hybridized carbons (Fsp3) is 0.308. The number of rotatable bonds is 10. The number of esters is 1. The SMILES string of the molecule is CCOC(=O)c1c(N(Cc2c(F)cccc2F)C(=O)OCC)sc(-c2ccc([N+](=O)[O-])cc2)c1CN(C)C. The zero-order valence-corrected chi connectivity index (χ0v) is 22.1. The molecule has 0 aliphatic heterocycles. The third-order valence-corrected chi connectivity index (χ3v) is 6.70. The van der Waals surface area contributed by atoms with Gasteiger partial charge < -0.3 is 14.4 Å². The molecule has 1 aromatic heterocycles. The highest BCUT2D eigenvalue weighted by Crippen LogP contribution is 2.44. The average Bonchev–Trinajstić information content (AvgIpc) is 3.22. The maximum Gasteiger partial charge on any atom is 0.415 e. The van der Waals surface area contributed by atoms with E-state index in [1.807, 2.05) is 0 Å². The first-order valence-corrected chi connectivity index (χ1v) is 12.5. The predicted molar refractivity (Wildman–Crippen MR) is 139 cm³/mol. The van der Waals surface area contributed by atoms with Gasteiger partial charge in [-0.3, -0.25) is 15.0 Å². The monoisotopic (exact) mass is 547 g/mol. The van der Waals surface area contributed by atoms with Gasteiger partial charge in [-0.1, -0.05) is 6.07 Å². The van der Waals surface area contributed by atoms with Gasteiger partial charge in [0.25, 0.3) is 5.69 Å². The van der Waals surface area contributed by atoms with E-state index in [2.05, 4.69) is 0 Å². The molecule has 0 unspecified atom stereocenters. The number of non-ortho nitro benzene ring substituents is 1. The van der Waals surface area contributed by atoms with Crippen LogP contribution in [-0.2, 0) is 22.6 Å². The van der Waals surface area contributed by atoms with Crippen molar-refractivity contribution in [3.05, 3.63) is 80.9 Å². The standard InChI is InChI=1S/C26H27F2N3O6S/c1-5-36-25(32)22-19(14-29(3)4)23(16-10-12-17(13-11-16)31(34)35)38-24(22)30(26(33)37-6-2)15-18-20(27)8-7-9-21(18)28/h7-13H,5-6,14-15H2,1-4H3. The van der Waals surface area contributed by atoms with Crippen LogP contribution in [0.5, 0.6) is 0 Å². The number of anilines is 1. The number of nitrogens with zero attached hydrogens (tertiary/aromatic N) is 3. The van der Waals surface area contributed by atoms with Crippen LogP contribution in [0, 0.1) is 21.7 Å². The number of carbonyl (C=O) groups is 2. The summed E-state index contributed by atoms with van der Waals surface area (Å²) < 4.78 is 39.7. The molecule has 1 amide bonds. The van der Waals surface area contributed by atoms with Crippen LogP contribution >= 0.6 is 11.3 Å². The van der Waals surface area contributed by atoms with E-state index in [0.717, 1.165) is 28.4 Å². The summed E-state index contributed by atoms with van der Waals surface area (Å²) in [6.07, 6.45) is -0.909. The molecule has 0 aliphatic carbocycles. The number of nitro groups is 1. The van der Waals surface area contributed by atoms with E-state index in [0.29, 0.717) is 16.0 Å². The zero-order valence-electron chi connectivity index (χ0n) is 21.3. The molecule has 38 heavy (non-hydrogen) atoms. The van der Waals surface area contributed by atoms with Gasteiger partial charge in [0.1, 0.15) is 16.6 Å². The molecule has 3 rings (SSSR count). The number of carbonyl (C=O) groups excluding carboxylic acids is 2. The van der Waals surface area contributed by atoms with Crippen molar-refractivity contribution in [3.8, 4) is 10.4 Å². The van der Waals surface area contributed by atoms with Crippen molar-refractivity contribution >= 4 is 34.1 Å². The molecule has 0 N–H and O–H groups in total. The first kappa shape index (κ1) is 28.7. The summed E-state index contributed by atoms with van der Waals surface area (Å²) in [6, 6.07) is 9.08. The van der Waals surface area contributed by atoms with E-state index in [9.17, 15) is 28.5 Å². The summed E-state index contributed by atoms with van der Waals surface area (Å²) in [4.78, 5) is 40.4. The van der Waals surface area contributed by atoms with Gasteiger partial charge in [-0.25, -0.2) is 18.4 Å². The van der Waals surface area contributed by atoms with Crippen molar-refractivity contribution in [1.29, 1.82) is 0 Å². The van der Waals surface area contributed by atoms with Gasteiger partial charge in [0.05, 0.1) is 30.2 Å². The Balaban J connectivity index is 2.30. The van der Waals surface area contributed by atoms with Crippen LogP contribution in [0.2, 0.25) is 0 Å². The van der Waals surface area contributed by atoms with E-state index in [4.69, 9.17) is 9.47 Å². The van der Waals surface area contributed by atoms with Gasteiger partial charge in [0.2, 0.25) is 0 Å². The molecule has 12 heteroatoms. The Bertz CT molecular complexity index is 1310. The lowest BCUT2D eigenvalue weighted by Crippen LogP contribution is -2.32. The van der Waals surface area contributed by atoms with Crippen LogP contribution < -0.4 is 4.90 Å². The first-order chi connectivity index (χ1) is 18.1. The minimum absolute atomic E-state index is 0.0189. The molecule has 0 saturated carbocycles. The van der Waals surface area contributed by atoms with Gasteiger partial charge in [0, 0.05) is 34.7 Å². The number of ether oxygens (including phenoxy) is 2. The number of hydrogen-bond acceptors (Lipinski definition) is 8. The molecule has 9 nitrogen and oxygen atoms in total. The highest BCUT2D eigenvalue weighted by molar-refractivity contribution is 7.20. The third kappa shape index (κ3) is 6.32. The predicted octanol–water partition coefficient (Wildman–Crippen LogP) is 6.00. The lowest BCUT2D eigenvalue weighted by atomic mass is 10.0. The van der Waals surface area contributed by atoms with Crippen LogP contribution in [-0.4, -0.2) is 49.2 Å². The number of halogens is 2. The minimum Gasteiger partial charge on any atom is -0.462 e. The van der Waals surface area contributed by atoms with Crippen LogP contribution in [0.25, 0.3) is 10.4 Å². The highest BCUT2D eigenvalue weighted by atomic mass is 32.1. The molecule has 1 heterocycles. The second kappa shape index (κ2) is 12.6. The lowest BCUT2D eigenvalue weighted by molar-refractivity contribution is -0.384. The average molecular weight is 548 g/mol. The van der Waals surface area contributed by atoms with Crippen LogP contribution in [0.1, 0.15) is 35.3 Å². The van der Waals surface area contributed by atoms with E-state index >= 15 is 0 Å². The van der Waals surface area contributed by atoms with Gasteiger partial charge in [-0.2, -0.15) is 0 Å². The van der Waals surface area contributed by atoms with E-state index in [-0.39, 0.29) is 41.6 Å². The molecular formula is C26H27F2N3O6S. The van der Waals surface area contributed by atoms with Crippen molar-refractivity contribution in [3.63, 3.8) is 0 Å². The molecule has 0 bridgehead atoms. The van der Waals surface area contributed by atoms with Crippen molar-refractivity contribution in [2.75, 3.05) is 32.2 Å². The Labute approximate surface area is 222 Å². The first-order valence-electron chi connectivity index (χ1n) is 11.7. The maximum atomic E-state index is 14.6. The van der Waals surface area contributed by atoms with Crippen LogP contribution in [0.4, 0.5) is 24.3 Å². The van der Waals surface area contributed by atoms with Crippen molar-refractivity contribution in [1.82, 2.24) is 4.90 Å². The second-order valence-electron chi connectivity index (χ2n) is 8.34. The number of thiophene rings is 1. The number of benzene rings is 2. The third-order valence-electron chi connectivity index (χ3n) is 5.39. The highest BCUT2D eigenvalue weighted by Gasteiger charge is 2.33. The fourth-order valence-corrected chi connectivity index (χ4v) is 5.05. The Morgan fingerprint density at radius 3 is 2.08 bits per heavy atom. The smallest absolute Gasteiger partial charge is 0.415 e. The zero-order chi connectivity index (χ0) is 28.0. The number of nitro benzene ring substituents is 1. The molecule has 3 aromatic rings. The van der Waals surface area contributed by atoms with E-state index in [1.165, 1.54) is 30.3 Å². The van der Waals surface area contributed by atoms with E-state index in [1.54, 1.807) is 32.8 Å². The quantitative estimate of drug-likeness (QED) is 0.174. The summed E-state index contributed by atoms with van der Waals surface area (Å²) >= 11 is 1.03. The minimum atomic E-state index is -0.909. The van der Waals surface area contributed by atoms with Crippen LogP contribution in [0.15, 0.2) is 42.5 Å². The molecule has 0 fully saturated rings. The fourth-order valence-electron chi connectivity index (χ4n) is 3.75. The maximum absolute atomic E-state index is 14.6. The van der Waals surface area contributed by atoms with Gasteiger partial charge in [-0.05, 0) is 57.8 Å². The lowest BCUT2D eigenvalue weighted by Gasteiger charge is -2.22. The van der Waals surface area contributed by atoms with E-state index < -0.39 is 35.2 Å². The molecule has 0 atom stereocenters. The van der Waals surface area contributed by atoms with Crippen molar-refractivity contribution in [2.24, 2.45) is 0 Å². The van der Waals surface area contributed by atoms with Gasteiger partial charge >= 0.3 is 12.1 Å². The molecule has 0 radical (unpaired) electrons. The Kier molecular flexibility index (Phi) is 9.48. The Morgan fingerprint density at radius 2 is 1.55 bits per heavy atom. The molecule has 0 aliphatic rings. The Morgan fingerprint density at radius 1 is 0.947 bits per heavy atom. The summed E-state index contributed by atoms with van der Waals surface area (Å²) in [5.74, 6) is -2.46. The topological polar surface area (TPSA) is 102 Å². The summed E-state index contributed by atoms with van der Waals surface area (Å²) in [5, 5.41) is 11.2. The van der Waals surface area contributed by atoms with Crippen molar-refractivity contribution < 1.29 is 32.8 Å². The Hall–Kier alpha value is -3.90. The van der Waals surface area contributed by atoms with Crippen molar-refractivity contribution in [2.45, 2.75) is 26.9 Å². The molecule has 2 aromatic carbocycles. The molecule has 202 valence electrons. The van der Waals surface area contributed by atoms with Gasteiger partial charge in [-0.15, -0.1) is 11.3 Å². The molecule has 0 spiro atoms.